The van der Waals surface area contributed by atoms with Crippen LogP contribution in [0.1, 0.15) is 15.9 Å². The molecular formula is C25H17F4N5O4S. The standard InChI is InChI=1S/C25H17F4N5O4S/c1-11-15(25(35)38-2)9-12(26)10-18(11)39(36,37)34-17-6-5-16(27)19(21(17)29)13-3-4-14-22(20(13)28)32-33-23(14)24-30-7-8-31-24/h3-10,34H,1-2H3,(H,30,31)(H,32,33). The third-order valence-corrected chi connectivity index (χ3v) is 7.52. The zero-order chi connectivity index (χ0) is 28.1. The number of carbonyl (C=O) groups excluding carboxylic acids is 1. The van der Waals surface area contributed by atoms with Crippen LogP contribution in [0.2, 0.25) is 0 Å². The third kappa shape index (κ3) is 4.37. The predicted octanol–water partition coefficient (Wildman–Crippen LogP) is 5.07. The molecule has 0 saturated heterocycles. The molecule has 0 fully saturated rings. The highest BCUT2D eigenvalue weighted by Gasteiger charge is 2.27. The van der Waals surface area contributed by atoms with Crippen molar-refractivity contribution in [1.82, 2.24) is 20.2 Å². The first-order valence-corrected chi connectivity index (χ1v) is 12.6. The first-order chi connectivity index (χ1) is 18.5. The quantitative estimate of drug-likeness (QED) is 0.197. The summed E-state index contributed by atoms with van der Waals surface area (Å²) in [6, 6.07) is 5.48. The molecule has 0 unspecified atom stereocenters. The molecule has 0 atom stereocenters. The lowest BCUT2D eigenvalue weighted by Gasteiger charge is -2.15. The molecule has 0 aliphatic rings. The van der Waals surface area contributed by atoms with E-state index in [1.807, 2.05) is 4.72 Å². The maximum atomic E-state index is 15.6. The van der Waals surface area contributed by atoms with Crippen molar-refractivity contribution < 1.29 is 35.5 Å². The van der Waals surface area contributed by atoms with Gasteiger partial charge in [0.2, 0.25) is 0 Å². The van der Waals surface area contributed by atoms with Gasteiger partial charge >= 0.3 is 5.97 Å². The van der Waals surface area contributed by atoms with E-state index in [4.69, 9.17) is 0 Å². The van der Waals surface area contributed by atoms with E-state index < -0.39 is 61.0 Å². The number of hydrogen-bond donors (Lipinski definition) is 3. The van der Waals surface area contributed by atoms with Crippen molar-refractivity contribution in [2.75, 3.05) is 11.8 Å². The lowest BCUT2D eigenvalue weighted by Crippen LogP contribution is -2.18. The second kappa shape index (κ2) is 9.54. The summed E-state index contributed by atoms with van der Waals surface area (Å²) in [6.45, 7) is 1.23. The number of hydrogen-bond acceptors (Lipinski definition) is 6. The minimum Gasteiger partial charge on any atom is -0.465 e. The number of benzene rings is 3. The maximum Gasteiger partial charge on any atom is 0.338 e. The van der Waals surface area contributed by atoms with Crippen LogP contribution in [0.25, 0.3) is 33.5 Å². The van der Waals surface area contributed by atoms with Gasteiger partial charge in [0.25, 0.3) is 10.0 Å². The molecule has 5 rings (SSSR count). The van der Waals surface area contributed by atoms with Crippen LogP contribution in [-0.4, -0.2) is 41.7 Å². The molecule has 3 N–H and O–H groups in total. The molecular weight excluding hydrogens is 542 g/mol. The average molecular weight is 560 g/mol. The summed E-state index contributed by atoms with van der Waals surface area (Å²) in [5.41, 5.74) is -2.53. The van der Waals surface area contributed by atoms with E-state index >= 15 is 8.78 Å². The predicted molar refractivity (Wildman–Crippen MR) is 132 cm³/mol. The van der Waals surface area contributed by atoms with Crippen LogP contribution in [0.3, 0.4) is 0 Å². The number of carbonyl (C=O) groups is 1. The molecule has 0 spiro atoms. The smallest absolute Gasteiger partial charge is 0.338 e. The van der Waals surface area contributed by atoms with Gasteiger partial charge in [-0.25, -0.2) is 35.8 Å². The van der Waals surface area contributed by atoms with E-state index in [2.05, 4.69) is 24.9 Å². The fourth-order valence-corrected chi connectivity index (χ4v) is 5.49. The Balaban J connectivity index is 1.59. The number of aromatic amines is 2. The summed E-state index contributed by atoms with van der Waals surface area (Å²) in [5, 5.41) is 6.81. The number of nitrogens with one attached hydrogen (secondary N) is 3. The Bertz CT molecular complexity index is 1870. The summed E-state index contributed by atoms with van der Waals surface area (Å²) < 4.78 is 92.8. The number of sulfonamides is 1. The Kier molecular flexibility index (Phi) is 6.34. The number of H-pyrrole nitrogens is 2. The highest BCUT2D eigenvalue weighted by atomic mass is 32.2. The van der Waals surface area contributed by atoms with Gasteiger partial charge in [-0.1, -0.05) is 6.07 Å². The van der Waals surface area contributed by atoms with Crippen molar-refractivity contribution in [1.29, 1.82) is 0 Å². The molecule has 2 aromatic heterocycles. The molecule has 2 heterocycles. The average Bonchev–Trinajstić information content (AvgIpc) is 3.58. The van der Waals surface area contributed by atoms with Gasteiger partial charge < -0.3 is 9.72 Å². The highest BCUT2D eigenvalue weighted by molar-refractivity contribution is 7.92. The van der Waals surface area contributed by atoms with Crippen LogP contribution in [0.4, 0.5) is 23.2 Å². The molecule has 200 valence electrons. The zero-order valence-corrected chi connectivity index (χ0v) is 20.9. The number of esters is 1. The monoisotopic (exact) mass is 559 g/mol. The van der Waals surface area contributed by atoms with Crippen LogP contribution >= 0.6 is 0 Å². The van der Waals surface area contributed by atoms with Crippen molar-refractivity contribution >= 4 is 32.6 Å². The Hall–Kier alpha value is -4.72. The lowest BCUT2D eigenvalue weighted by molar-refractivity contribution is 0.0599. The minimum atomic E-state index is -4.71. The molecule has 3 aromatic carbocycles. The SMILES string of the molecule is COC(=O)c1cc(F)cc(S(=O)(=O)Nc2ccc(F)c(-c3ccc4c(-c5ncc[nH]5)[nH]nc4c3F)c2F)c1C. The topological polar surface area (TPSA) is 130 Å². The number of fused-ring (bicyclic) bond motifs is 1. The van der Waals surface area contributed by atoms with Crippen LogP contribution in [0.5, 0.6) is 0 Å². The molecule has 9 nitrogen and oxygen atoms in total. The Morgan fingerprint density at radius 2 is 1.82 bits per heavy atom. The number of ether oxygens (including phenoxy) is 1. The van der Waals surface area contributed by atoms with Crippen LogP contribution in [0.15, 0.2) is 53.7 Å². The summed E-state index contributed by atoms with van der Waals surface area (Å²) in [5.74, 6) is -5.36. The van der Waals surface area contributed by atoms with E-state index in [9.17, 15) is 22.0 Å². The van der Waals surface area contributed by atoms with Gasteiger partial charge in [0.15, 0.2) is 17.5 Å². The second-order valence-corrected chi connectivity index (χ2v) is 9.97. The van der Waals surface area contributed by atoms with Gasteiger partial charge in [-0.3, -0.25) is 9.82 Å². The van der Waals surface area contributed by atoms with E-state index in [-0.39, 0.29) is 22.0 Å². The van der Waals surface area contributed by atoms with Gasteiger partial charge in [-0.2, -0.15) is 5.10 Å². The Labute approximate surface area is 217 Å². The summed E-state index contributed by atoms with van der Waals surface area (Å²) in [7, 11) is -3.68. The second-order valence-electron chi connectivity index (χ2n) is 8.32. The Morgan fingerprint density at radius 3 is 2.51 bits per heavy atom. The van der Waals surface area contributed by atoms with E-state index in [1.165, 1.54) is 19.2 Å². The lowest BCUT2D eigenvalue weighted by atomic mass is 10.0. The number of aromatic nitrogens is 4. The van der Waals surface area contributed by atoms with Crippen LogP contribution in [0, 0.1) is 30.2 Å². The van der Waals surface area contributed by atoms with Crippen molar-refractivity contribution in [3.05, 3.63) is 83.2 Å². The molecule has 0 radical (unpaired) electrons. The highest BCUT2D eigenvalue weighted by Crippen LogP contribution is 2.37. The number of imidazole rings is 1. The number of methoxy groups -OCH3 is 1. The Morgan fingerprint density at radius 1 is 1.05 bits per heavy atom. The molecule has 0 saturated carbocycles. The molecule has 0 aliphatic heterocycles. The molecule has 0 aliphatic carbocycles. The van der Waals surface area contributed by atoms with E-state index in [0.29, 0.717) is 17.6 Å². The van der Waals surface area contributed by atoms with Gasteiger partial charge in [-0.05, 0) is 42.8 Å². The fraction of sp³-hybridized carbons (Fsp3) is 0.0800. The zero-order valence-electron chi connectivity index (χ0n) is 20.1. The molecule has 0 bridgehead atoms. The third-order valence-electron chi connectivity index (χ3n) is 6.02. The molecule has 5 aromatic rings. The maximum absolute atomic E-state index is 15.6. The molecule has 39 heavy (non-hydrogen) atoms. The molecule has 14 heteroatoms. The number of halogens is 4. The van der Waals surface area contributed by atoms with Crippen molar-refractivity contribution in [2.45, 2.75) is 11.8 Å². The van der Waals surface area contributed by atoms with Crippen LogP contribution in [-0.2, 0) is 14.8 Å². The largest absolute Gasteiger partial charge is 0.465 e. The summed E-state index contributed by atoms with van der Waals surface area (Å²) >= 11 is 0. The summed E-state index contributed by atoms with van der Waals surface area (Å²) in [4.78, 5) is 18.2. The number of rotatable bonds is 6. The number of anilines is 1. The van der Waals surface area contributed by atoms with Gasteiger partial charge in [0, 0.05) is 23.3 Å². The molecule has 0 amide bonds. The van der Waals surface area contributed by atoms with Crippen molar-refractivity contribution in [2.24, 2.45) is 0 Å². The van der Waals surface area contributed by atoms with Crippen molar-refractivity contribution in [3.63, 3.8) is 0 Å². The van der Waals surface area contributed by atoms with E-state index in [1.54, 1.807) is 6.20 Å². The fourth-order valence-electron chi connectivity index (χ4n) is 4.16. The van der Waals surface area contributed by atoms with E-state index in [0.717, 1.165) is 31.4 Å². The van der Waals surface area contributed by atoms with Crippen molar-refractivity contribution in [3.8, 4) is 22.6 Å². The number of nitrogens with zero attached hydrogens (tertiary/aromatic N) is 2. The minimum absolute atomic E-state index is 0.166. The van der Waals surface area contributed by atoms with Gasteiger partial charge in [0.05, 0.1) is 28.8 Å². The van der Waals surface area contributed by atoms with Gasteiger partial charge in [-0.15, -0.1) is 0 Å². The first kappa shape index (κ1) is 25.9. The normalized spacial score (nSPS) is 11.6. The van der Waals surface area contributed by atoms with Crippen LogP contribution < -0.4 is 4.72 Å². The summed E-state index contributed by atoms with van der Waals surface area (Å²) in [6.07, 6.45) is 3.03. The first-order valence-electron chi connectivity index (χ1n) is 11.1. The van der Waals surface area contributed by atoms with Gasteiger partial charge in [0.1, 0.15) is 22.8 Å².